The van der Waals surface area contributed by atoms with Gasteiger partial charge in [0.25, 0.3) is 0 Å². The summed E-state index contributed by atoms with van der Waals surface area (Å²) < 4.78 is 4.63. The molecule has 3 aromatic heterocycles. The second-order valence-electron chi connectivity index (χ2n) is 14.3. The van der Waals surface area contributed by atoms with E-state index in [0.717, 1.165) is 56.8 Å². The number of imidazole rings is 1. The minimum atomic E-state index is 0.942. The van der Waals surface area contributed by atoms with Crippen LogP contribution in [0.2, 0.25) is 0 Å². The van der Waals surface area contributed by atoms with Crippen LogP contribution in [0.25, 0.3) is 94.6 Å². The van der Waals surface area contributed by atoms with Crippen molar-refractivity contribution in [3.63, 3.8) is 0 Å². The van der Waals surface area contributed by atoms with Gasteiger partial charge in [-0.1, -0.05) is 115 Å². The third kappa shape index (κ3) is 4.84. The topological polar surface area (TPSA) is 35.6 Å². The maximum Gasteiger partial charge on any atom is 0.140 e. The minimum Gasteiger partial charge on any atom is -0.327 e. The van der Waals surface area contributed by atoms with E-state index < -0.39 is 0 Å². The summed E-state index contributed by atoms with van der Waals surface area (Å²) in [6.45, 7) is 0. The van der Waals surface area contributed by atoms with Crippen LogP contribution in [0.15, 0.2) is 176 Å². The molecule has 0 saturated carbocycles. The molecular formula is C50H34N4. The Kier molecular flexibility index (Phi) is 6.80. The Morgan fingerprint density at radius 3 is 2.11 bits per heavy atom. The van der Waals surface area contributed by atoms with Crippen LogP contribution in [0.5, 0.6) is 0 Å². The Labute approximate surface area is 313 Å². The summed E-state index contributed by atoms with van der Waals surface area (Å²) in [5.41, 5.74) is 19.0. The molecule has 3 heterocycles. The summed E-state index contributed by atoms with van der Waals surface area (Å²) in [5.74, 6) is 0.942. The number of aromatic nitrogens is 4. The number of hydrogen-bond acceptors (Lipinski definition) is 2. The van der Waals surface area contributed by atoms with Gasteiger partial charge in [0.05, 0.1) is 27.8 Å². The van der Waals surface area contributed by atoms with E-state index in [1.54, 1.807) is 0 Å². The molecule has 0 amide bonds. The van der Waals surface area contributed by atoms with Crippen molar-refractivity contribution in [1.82, 2.24) is 19.1 Å². The van der Waals surface area contributed by atoms with E-state index in [1.165, 1.54) is 55.3 Å². The lowest BCUT2D eigenvalue weighted by Gasteiger charge is -2.11. The van der Waals surface area contributed by atoms with Gasteiger partial charge in [-0.15, -0.1) is 0 Å². The number of fused-ring (bicyclic) bond motifs is 7. The Morgan fingerprint density at radius 2 is 1.20 bits per heavy atom. The molecule has 0 aliphatic heterocycles. The quantitative estimate of drug-likeness (QED) is 0.180. The van der Waals surface area contributed by atoms with Crippen molar-refractivity contribution in [2.45, 2.75) is 6.42 Å². The molecule has 10 aromatic rings. The van der Waals surface area contributed by atoms with Crippen LogP contribution in [-0.4, -0.2) is 19.1 Å². The van der Waals surface area contributed by atoms with E-state index in [2.05, 4.69) is 179 Å². The van der Waals surface area contributed by atoms with Crippen LogP contribution in [0, 0.1) is 0 Å². The maximum atomic E-state index is 5.22. The van der Waals surface area contributed by atoms with Crippen LogP contribution >= 0.6 is 0 Å². The predicted molar refractivity (Wildman–Crippen MR) is 223 cm³/mol. The van der Waals surface area contributed by atoms with E-state index in [4.69, 9.17) is 4.98 Å². The van der Waals surface area contributed by atoms with Crippen LogP contribution in [-0.2, 0) is 13.5 Å². The van der Waals surface area contributed by atoms with Crippen molar-refractivity contribution in [3.8, 4) is 61.7 Å². The first kappa shape index (κ1) is 30.6. The van der Waals surface area contributed by atoms with E-state index in [1.807, 2.05) is 18.3 Å². The van der Waals surface area contributed by atoms with Gasteiger partial charge >= 0.3 is 0 Å². The highest BCUT2D eigenvalue weighted by Crippen LogP contribution is 2.40. The average Bonchev–Trinajstić information content (AvgIpc) is 3.89. The molecule has 1 aliphatic carbocycles. The zero-order valence-electron chi connectivity index (χ0n) is 29.7. The molecule has 1 aliphatic rings. The minimum absolute atomic E-state index is 0.942. The summed E-state index contributed by atoms with van der Waals surface area (Å²) in [6, 6.07) is 61.4. The van der Waals surface area contributed by atoms with Crippen molar-refractivity contribution in [2.24, 2.45) is 7.05 Å². The first-order valence-electron chi connectivity index (χ1n) is 18.5. The van der Waals surface area contributed by atoms with Gasteiger partial charge in [-0.3, -0.25) is 4.98 Å². The molecule has 4 heteroatoms. The number of aryl methyl sites for hydroxylation is 1. The zero-order chi connectivity index (χ0) is 35.8. The average molecular weight is 691 g/mol. The molecule has 0 saturated heterocycles. The molecule has 0 unspecified atom stereocenters. The Balaban J connectivity index is 1.05. The van der Waals surface area contributed by atoms with Crippen molar-refractivity contribution in [3.05, 3.63) is 187 Å². The van der Waals surface area contributed by atoms with Crippen LogP contribution in [0.4, 0.5) is 0 Å². The van der Waals surface area contributed by atoms with Gasteiger partial charge in [-0.05, 0) is 106 Å². The fourth-order valence-corrected chi connectivity index (χ4v) is 8.54. The second kappa shape index (κ2) is 12.0. The largest absolute Gasteiger partial charge is 0.327 e. The highest BCUT2D eigenvalue weighted by Gasteiger charge is 2.20. The maximum absolute atomic E-state index is 5.22. The van der Waals surface area contributed by atoms with E-state index in [-0.39, 0.29) is 0 Å². The Hall–Kier alpha value is -7.04. The van der Waals surface area contributed by atoms with Gasteiger partial charge in [0.1, 0.15) is 5.82 Å². The molecule has 11 rings (SSSR count). The summed E-state index contributed by atoms with van der Waals surface area (Å²) in [4.78, 5) is 9.87. The summed E-state index contributed by atoms with van der Waals surface area (Å²) in [6.07, 6.45) is 2.84. The van der Waals surface area contributed by atoms with Crippen molar-refractivity contribution in [2.75, 3.05) is 0 Å². The van der Waals surface area contributed by atoms with Gasteiger partial charge < -0.3 is 9.13 Å². The molecule has 0 bridgehead atoms. The molecule has 7 aromatic carbocycles. The van der Waals surface area contributed by atoms with Crippen molar-refractivity contribution in [1.29, 1.82) is 0 Å². The highest BCUT2D eigenvalue weighted by atomic mass is 15.1. The number of rotatable bonds is 5. The first-order chi connectivity index (χ1) is 26.7. The Bertz CT molecular complexity index is 3080. The van der Waals surface area contributed by atoms with Gasteiger partial charge in [-0.25, -0.2) is 4.98 Å². The smallest absolute Gasteiger partial charge is 0.140 e. The third-order valence-corrected chi connectivity index (χ3v) is 11.2. The lowest BCUT2D eigenvalue weighted by Crippen LogP contribution is -1.96. The summed E-state index contributed by atoms with van der Waals surface area (Å²) in [5, 5.41) is 2.42. The fraction of sp³-hybridized carbons (Fsp3) is 0.0400. The SMILES string of the molecule is Cn1c(-c2ccc3c4cc(-c5ccccc5)ccc4n(-c4cccc(-c5ccccn5)c4)c3c2)nc2ccc(-c3ccc4c(c3)Cc3ccccc3-4)cc21. The van der Waals surface area contributed by atoms with Gasteiger partial charge in [0.15, 0.2) is 0 Å². The second-order valence-corrected chi connectivity index (χ2v) is 14.3. The monoisotopic (exact) mass is 690 g/mol. The predicted octanol–water partition coefficient (Wildman–Crippen LogP) is 12.3. The lowest BCUT2D eigenvalue weighted by atomic mass is 9.99. The van der Waals surface area contributed by atoms with Crippen LogP contribution in [0.1, 0.15) is 11.1 Å². The molecule has 54 heavy (non-hydrogen) atoms. The standard InChI is InChI=1S/C50H34N4/c1-53-49-30-35(33-17-21-42-39(26-33)27-36-12-5-6-15-41(36)42)19-23-46(49)52-50(53)38-18-22-43-44-29-34(32-10-3-2-4-11-32)20-24-47(44)54(48(43)31-38)40-14-9-13-37(28-40)45-16-7-8-25-51-45/h2-26,28-31H,27H2,1H3. The molecule has 0 atom stereocenters. The molecule has 0 radical (unpaired) electrons. The summed E-state index contributed by atoms with van der Waals surface area (Å²) in [7, 11) is 2.13. The van der Waals surface area contributed by atoms with E-state index >= 15 is 0 Å². The third-order valence-electron chi connectivity index (χ3n) is 11.2. The number of pyridine rings is 1. The number of benzene rings is 7. The van der Waals surface area contributed by atoms with Crippen molar-refractivity contribution >= 4 is 32.8 Å². The fourth-order valence-electron chi connectivity index (χ4n) is 8.54. The van der Waals surface area contributed by atoms with E-state index in [9.17, 15) is 0 Å². The Morgan fingerprint density at radius 1 is 0.463 bits per heavy atom. The molecule has 0 N–H and O–H groups in total. The number of hydrogen-bond donors (Lipinski definition) is 0. The zero-order valence-corrected chi connectivity index (χ0v) is 29.7. The molecule has 254 valence electrons. The molecule has 0 spiro atoms. The van der Waals surface area contributed by atoms with Crippen LogP contribution in [0.3, 0.4) is 0 Å². The van der Waals surface area contributed by atoms with Crippen molar-refractivity contribution < 1.29 is 0 Å². The number of nitrogens with zero attached hydrogens (tertiary/aromatic N) is 4. The molecular weight excluding hydrogens is 657 g/mol. The molecule has 0 fully saturated rings. The van der Waals surface area contributed by atoms with E-state index in [0.29, 0.717) is 0 Å². The van der Waals surface area contributed by atoms with Gasteiger partial charge in [0.2, 0.25) is 0 Å². The molecule has 4 nitrogen and oxygen atoms in total. The summed E-state index contributed by atoms with van der Waals surface area (Å²) >= 11 is 0. The normalized spacial score (nSPS) is 12.1. The van der Waals surface area contributed by atoms with Gasteiger partial charge in [0, 0.05) is 40.8 Å². The first-order valence-corrected chi connectivity index (χ1v) is 18.5. The van der Waals surface area contributed by atoms with Gasteiger partial charge in [-0.2, -0.15) is 0 Å². The lowest BCUT2D eigenvalue weighted by molar-refractivity contribution is 0.959. The highest BCUT2D eigenvalue weighted by molar-refractivity contribution is 6.11. The van der Waals surface area contributed by atoms with Crippen LogP contribution < -0.4 is 0 Å².